The molecule has 0 saturated heterocycles. The van der Waals surface area contributed by atoms with Crippen LogP contribution in [0, 0.1) is 0 Å². The lowest BCUT2D eigenvalue weighted by atomic mass is 10.0. The van der Waals surface area contributed by atoms with Crippen LogP contribution in [0.2, 0.25) is 0 Å². The average Bonchev–Trinajstić information content (AvgIpc) is 2.85. The molecule has 0 N–H and O–H groups in total. The van der Waals surface area contributed by atoms with E-state index in [1.165, 1.54) is 89.9 Å². The number of carbonyl (C=O) groups is 2. The molecule has 0 radical (unpaired) electrons. The van der Waals surface area contributed by atoms with E-state index >= 15 is 0 Å². The zero-order valence-electron chi connectivity index (χ0n) is 23.4. The Morgan fingerprint density at radius 3 is 1.17 bits per heavy atom. The van der Waals surface area contributed by atoms with Gasteiger partial charge in [0.25, 0.3) is 0 Å². The molecule has 0 rings (SSSR count). The highest BCUT2D eigenvalue weighted by atomic mass is 16.6. The highest BCUT2D eigenvalue weighted by Gasteiger charge is 2.04. The summed E-state index contributed by atoms with van der Waals surface area (Å²) in [5.41, 5.74) is 0. The topological polar surface area (TPSA) is 61.8 Å². The van der Waals surface area contributed by atoms with Crippen LogP contribution in [0.1, 0.15) is 155 Å². The number of esters is 2. The minimum Gasteiger partial charge on any atom is -0.466 e. The van der Waals surface area contributed by atoms with Crippen LogP contribution < -0.4 is 0 Å². The smallest absolute Gasteiger partial charge is 0.305 e. The molecule has 0 atom stereocenters. The number of methoxy groups -OCH3 is 1. The molecule has 5 heteroatoms. The van der Waals surface area contributed by atoms with Gasteiger partial charge >= 0.3 is 11.9 Å². The first-order valence-electron chi connectivity index (χ1n) is 15.0. The maximum absolute atomic E-state index is 11.8. The molecule has 0 aromatic heterocycles. The van der Waals surface area contributed by atoms with Crippen molar-refractivity contribution in [1.29, 1.82) is 0 Å². The molecule has 0 amide bonds. The van der Waals surface area contributed by atoms with Crippen LogP contribution in [0.3, 0.4) is 0 Å². The zero-order chi connectivity index (χ0) is 25.7. The largest absolute Gasteiger partial charge is 0.466 e. The molecule has 0 fully saturated rings. The summed E-state index contributed by atoms with van der Waals surface area (Å²) in [6, 6.07) is 0. The first-order chi connectivity index (χ1) is 17.2. The Balaban J connectivity index is 3.20. The number of rotatable bonds is 28. The van der Waals surface area contributed by atoms with Crippen molar-refractivity contribution in [3.8, 4) is 0 Å². The number of ether oxygens (including phenoxy) is 3. The fraction of sp³-hybridized carbons (Fsp3) is 0.933. The molecule has 0 aliphatic heterocycles. The zero-order valence-corrected chi connectivity index (χ0v) is 23.4. The Labute approximate surface area is 217 Å². The monoisotopic (exact) mass is 498 g/mol. The third-order valence-corrected chi connectivity index (χ3v) is 6.57. The second kappa shape index (κ2) is 29.1. The fourth-order valence-corrected chi connectivity index (χ4v) is 4.29. The fourth-order valence-electron chi connectivity index (χ4n) is 4.29. The first-order valence-corrected chi connectivity index (χ1v) is 15.0. The summed E-state index contributed by atoms with van der Waals surface area (Å²) in [6.07, 6.45) is 27.2. The summed E-state index contributed by atoms with van der Waals surface area (Å²) in [5.74, 6) is -0.187. The van der Waals surface area contributed by atoms with E-state index in [1.54, 1.807) is 7.11 Å². The Bertz CT molecular complexity index is 452. The summed E-state index contributed by atoms with van der Waals surface area (Å²) in [7, 11) is 1.59. The molecule has 0 unspecified atom stereocenters. The van der Waals surface area contributed by atoms with E-state index in [0.29, 0.717) is 32.7 Å². The lowest BCUT2D eigenvalue weighted by molar-refractivity contribution is -0.145. The molecule has 208 valence electrons. The van der Waals surface area contributed by atoms with Gasteiger partial charge in [-0.2, -0.15) is 0 Å². The van der Waals surface area contributed by atoms with Crippen LogP contribution in [0.5, 0.6) is 0 Å². The lowest BCUT2D eigenvalue weighted by Gasteiger charge is -2.06. The highest BCUT2D eigenvalue weighted by molar-refractivity contribution is 5.69. The van der Waals surface area contributed by atoms with Gasteiger partial charge < -0.3 is 14.2 Å². The third kappa shape index (κ3) is 29.0. The quantitative estimate of drug-likeness (QED) is 0.0797. The first kappa shape index (κ1) is 33.9. The Morgan fingerprint density at radius 2 is 0.771 bits per heavy atom. The van der Waals surface area contributed by atoms with Crippen molar-refractivity contribution in [3.63, 3.8) is 0 Å². The van der Waals surface area contributed by atoms with Crippen molar-refractivity contribution >= 4 is 11.9 Å². The summed E-state index contributed by atoms with van der Waals surface area (Å²) < 4.78 is 15.3. The van der Waals surface area contributed by atoms with Crippen LogP contribution in [0.4, 0.5) is 0 Å². The van der Waals surface area contributed by atoms with Crippen LogP contribution in [0.15, 0.2) is 0 Å². The molecule has 0 aromatic rings. The minimum absolute atomic E-state index is 0.0471. The summed E-state index contributed by atoms with van der Waals surface area (Å²) in [6.45, 7) is 3.65. The van der Waals surface area contributed by atoms with Gasteiger partial charge in [-0.05, 0) is 19.3 Å². The maximum Gasteiger partial charge on any atom is 0.305 e. The molecule has 35 heavy (non-hydrogen) atoms. The molecule has 0 aromatic carbocycles. The molecular formula is C30H58O5. The van der Waals surface area contributed by atoms with Crippen molar-refractivity contribution < 1.29 is 23.8 Å². The van der Waals surface area contributed by atoms with E-state index in [0.717, 1.165) is 44.9 Å². The van der Waals surface area contributed by atoms with E-state index in [2.05, 4.69) is 6.92 Å². The molecule has 0 aliphatic carbocycles. The molecule has 0 aliphatic rings. The van der Waals surface area contributed by atoms with Crippen molar-refractivity contribution in [3.05, 3.63) is 0 Å². The Morgan fingerprint density at radius 1 is 0.429 bits per heavy atom. The number of unbranched alkanes of at least 4 members (excludes halogenated alkanes) is 19. The standard InChI is InChI=1S/C30H58O5/c1-3-4-5-6-7-8-9-10-11-12-13-14-17-20-23-26-34-29(31)24-21-18-15-16-19-22-25-30(32)35-28-27-33-2/h3-28H2,1-2H3. The molecule has 0 bridgehead atoms. The second-order valence-corrected chi connectivity index (χ2v) is 10.0. The summed E-state index contributed by atoms with van der Waals surface area (Å²) in [5, 5.41) is 0. The predicted molar refractivity (Wildman–Crippen MR) is 146 cm³/mol. The summed E-state index contributed by atoms with van der Waals surface area (Å²) in [4.78, 5) is 23.3. The van der Waals surface area contributed by atoms with E-state index in [9.17, 15) is 9.59 Å². The van der Waals surface area contributed by atoms with Gasteiger partial charge in [-0.1, -0.05) is 122 Å². The van der Waals surface area contributed by atoms with E-state index in [-0.39, 0.29) is 11.9 Å². The average molecular weight is 499 g/mol. The highest BCUT2D eigenvalue weighted by Crippen LogP contribution is 2.14. The van der Waals surface area contributed by atoms with Gasteiger partial charge in [-0.3, -0.25) is 9.59 Å². The Kier molecular flexibility index (Phi) is 28.2. The number of hydrogen-bond acceptors (Lipinski definition) is 5. The summed E-state index contributed by atoms with van der Waals surface area (Å²) >= 11 is 0. The third-order valence-electron chi connectivity index (χ3n) is 6.57. The van der Waals surface area contributed by atoms with Crippen molar-refractivity contribution in [1.82, 2.24) is 0 Å². The molecule has 0 saturated carbocycles. The van der Waals surface area contributed by atoms with Crippen LogP contribution in [-0.2, 0) is 23.8 Å². The second-order valence-electron chi connectivity index (χ2n) is 10.0. The van der Waals surface area contributed by atoms with Gasteiger partial charge in [0.05, 0.1) is 13.2 Å². The van der Waals surface area contributed by atoms with E-state index in [1.807, 2.05) is 0 Å². The van der Waals surface area contributed by atoms with Crippen molar-refractivity contribution in [2.24, 2.45) is 0 Å². The van der Waals surface area contributed by atoms with Crippen molar-refractivity contribution in [2.75, 3.05) is 26.9 Å². The van der Waals surface area contributed by atoms with Crippen molar-refractivity contribution in [2.45, 2.75) is 155 Å². The van der Waals surface area contributed by atoms with Crippen LogP contribution in [-0.4, -0.2) is 38.9 Å². The maximum atomic E-state index is 11.8. The molecule has 0 heterocycles. The lowest BCUT2D eigenvalue weighted by Crippen LogP contribution is -2.09. The van der Waals surface area contributed by atoms with Gasteiger partial charge in [-0.15, -0.1) is 0 Å². The van der Waals surface area contributed by atoms with E-state index in [4.69, 9.17) is 14.2 Å². The normalized spacial score (nSPS) is 11.0. The number of hydrogen-bond donors (Lipinski definition) is 0. The van der Waals surface area contributed by atoms with Gasteiger partial charge in [0.2, 0.25) is 0 Å². The van der Waals surface area contributed by atoms with Gasteiger partial charge in [0.15, 0.2) is 0 Å². The number of carbonyl (C=O) groups excluding carboxylic acids is 2. The van der Waals surface area contributed by atoms with E-state index < -0.39 is 0 Å². The van der Waals surface area contributed by atoms with Crippen LogP contribution in [0.25, 0.3) is 0 Å². The van der Waals surface area contributed by atoms with Gasteiger partial charge in [-0.25, -0.2) is 0 Å². The molecular weight excluding hydrogens is 440 g/mol. The Hall–Kier alpha value is -1.10. The van der Waals surface area contributed by atoms with Gasteiger partial charge in [0.1, 0.15) is 6.61 Å². The predicted octanol–water partition coefficient (Wildman–Crippen LogP) is 8.71. The molecule has 5 nitrogen and oxygen atoms in total. The van der Waals surface area contributed by atoms with Crippen LogP contribution >= 0.6 is 0 Å². The molecule has 0 spiro atoms. The van der Waals surface area contributed by atoms with Gasteiger partial charge in [0, 0.05) is 20.0 Å². The SMILES string of the molecule is CCCCCCCCCCCCCCCCCOC(=O)CCCCCCCCC(=O)OCCOC. The minimum atomic E-state index is -0.140.